The number of aliphatic hydroxyl groups excluding tert-OH is 4. The number of carbonyl (C=O) groups excluding carboxylic acids is 2. The van der Waals surface area contributed by atoms with Crippen molar-refractivity contribution in [2.75, 3.05) is 18.1 Å². The lowest BCUT2D eigenvalue weighted by Crippen LogP contribution is -2.50. The standard InChI is InChI=1S/C12H19N3O7/c1-2-15(9-3-13-6-14-9)12(21)22-11(8(19)5-17)10(20)7(18)4-16/h3,5-8,10-11,16,18-20H,2,4H2,1H3,(H,13,14)/t7-,8+,10-,11-/m1/s1. The van der Waals surface area contributed by atoms with Crippen LogP contribution in [0.15, 0.2) is 12.5 Å². The molecule has 22 heavy (non-hydrogen) atoms. The number of H-pyrrole nitrogens is 1. The average molecular weight is 317 g/mol. The number of aromatic amines is 1. The Morgan fingerprint density at radius 3 is 2.64 bits per heavy atom. The van der Waals surface area contributed by atoms with Gasteiger partial charge in [-0.25, -0.2) is 9.78 Å². The molecule has 10 heteroatoms. The fourth-order valence-electron chi connectivity index (χ4n) is 1.71. The van der Waals surface area contributed by atoms with Crippen LogP contribution in [-0.4, -0.2) is 80.3 Å². The van der Waals surface area contributed by atoms with E-state index in [1.807, 2.05) is 0 Å². The van der Waals surface area contributed by atoms with Crippen LogP contribution in [0.2, 0.25) is 0 Å². The fourth-order valence-corrected chi connectivity index (χ4v) is 1.71. The van der Waals surface area contributed by atoms with Crippen molar-refractivity contribution in [2.45, 2.75) is 31.3 Å². The van der Waals surface area contributed by atoms with Crippen LogP contribution in [0.3, 0.4) is 0 Å². The molecule has 0 aliphatic rings. The maximum absolute atomic E-state index is 12.1. The minimum Gasteiger partial charge on any atom is -0.440 e. The second-order valence-electron chi connectivity index (χ2n) is 4.39. The Balaban J connectivity index is 2.88. The van der Waals surface area contributed by atoms with Gasteiger partial charge in [0.15, 0.2) is 18.2 Å². The Labute approximate surface area is 126 Å². The first-order valence-corrected chi connectivity index (χ1v) is 6.53. The van der Waals surface area contributed by atoms with Crippen LogP contribution in [-0.2, 0) is 9.53 Å². The highest BCUT2D eigenvalue weighted by Crippen LogP contribution is 2.15. The molecule has 1 rings (SSSR count). The molecule has 0 aliphatic heterocycles. The summed E-state index contributed by atoms with van der Waals surface area (Å²) in [6, 6.07) is 0. The summed E-state index contributed by atoms with van der Waals surface area (Å²) < 4.78 is 4.90. The number of nitrogens with zero attached hydrogens (tertiary/aromatic N) is 2. The zero-order chi connectivity index (χ0) is 16.7. The zero-order valence-corrected chi connectivity index (χ0v) is 11.9. The molecule has 0 saturated carbocycles. The van der Waals surface area contributed by atoms with Crippen molar-refractivity contribution < 1.29 is 34.8 Å². The van der Waals surface area contributed by atoms with E-state index in [4.69, 9.17) is 9.84 Å². The van der Waals surface area contributed by atoms with E-state index in [1.54, 1.807) is 6.92 Å². The summed E-state index contributed by atoms with van der Waals surface area (Å²) in [5.41, 5.74) is 0. The maximum atomic E-state index is 12.1. The normalized spacial score (nSPS) is 16.4. The van der Waals surface area contributed by atoms with E-state index in [1.165, 1.54) is 12.5 Å². The van der Waals surface area contributed by atoms with E-state index in [-0.39, 0.29) is 18.6 Å². The van der Waals surface area contributed by atoms with E-state index >= 15 is 0 Å². The molecule has 0 unspecified atom stereocenters. The predicted octanol–water partition coefficient (Wildman–Crippen LogP) is -1.98. The molecule has 0 aliphatic carbocycles. The summed E-state index contributed by atoms with van der Waals surface area (Å²) in [6.07, 6.45) is -5.29. The van der Waals surface area contributed by atoms with Gasteiger partial charge in [-0.05, 0) is 6.92 Å². The first-order chi connectivity index (χ1) is 10.5. The molecule has 1 aromatic rings. The summed E-state index contributed by atoms with van der Waals surface area (Å²) in [7, 11) is 0. The Bertz CT molecular complexity index is 467. The second-order valence-corrected chi connectivity index (χ2v) is 4.39. The number of aromatic nitrogens is 2. The highest BCUT2D eigenvalue weighted by Gasteiger charge is 2.36. The topological polar surface area (TPSA) is 156 Å². The van der Waals surface area contributed by atoms with Gasteiger partial charge in [0.2, 0.25) is 0 Å². The molecule has 1 heterocycles. The number of hydrogen-bond acceptors (Lipinski definition) is 8. The summed E-state index contributed by atoms with van der Waals surface area (Å²) in [4.78, 5) is 30.4. The Kier molecular flexibility index (Phi) is 6.92. The van der Waals surface area contributed by atoms with Gasteiger partial charge in [0.1, 0.15) is 18.3 Å². The van der Waals surface area contributed by atoms with Gasteiger partial charge in [0, 0.05) is 12.7 Å². The molecule has 5 N–H and O–H groups in total. The minimum atomic E-state index is -1.86. The van der Waals surface area contributed by atoms with Crippen molar-refractivity contribution >= 4 is 18.2 Å². The van der Waals surface area contributed by atoms with E-state index < -0.39 is 37.1 Å². The number of aldehydes is 1. The first kappa shape index (κ1) is 18.0. The third-order valence-electron chi connectivity index (χ3n) is 2.93. The fraction of sp³-hybridized carbons (Fsp3) is 0.583. The van der Waals surface area contributed by atoms with Gasteiger partial charge in [0.25, 0.3) is 0 Å². The van der Waals surface area contributed by atoms with Crippen molar-refractivity contribution in [1.82, 2.24) is 9.97 Å². The van der Waals surface area contributed by atoms with Crippen LogP contribution in [0, 0.1) is 0 Å². The van der Waals surface area contributed by atoms with Crippen LogP contribution in [0.4, 0.5) is 10.6 Å². The molecule has 0 saturated heterocycles. The number of nitrogens with one attached hydrogen (secondary N) is 1. The molecule has 1 amide bonds. The van der Waals surface area contributed by atoms with E-state index in [2.05, 4.69) is 9.97 Å². The Morgan fingerprint density at radius 1 is 1.50 bits per heavy atom. The van der Waals surface area contributed by atoms with Gasteiger partial charge in [-0.15, -0.1) is 0 Å². The lowest BCUT2D eigenvalue weighted by atomic mass is 10.0. The van der Waals surface area contributed by atoms with E-state index in [9.17, 15) is 24.9 Å². The van der Waals surface area contributed by atoms with Crippen molar-refractivity contribution in [3.05, 3.63) is 12.5 Å². The number of ether oxygens (including phenoxy) is 1. The highest BCUT2D eigenvalue weighted by molar-refractivity contribution is 5.86. The zero-order valence-electron chi connectivity index (χ0n) is 11.9. The first-order valence-electron chi connectivity index (χ1n) is 6.53. The SMILES string of the molecule is CCN(C(=O)O[C@@H]([C@H](O)[C@H](O)CO)[C@@H](O)C=O)c1c[nH]cn1. The number of rotatable bonds is 8. The monoisotopic (exact) mass is 317 g/mol. The maximum Gasteiger partial charge on any atom is 0.415 e. The molecule has 0 spiro atoms. The minimum absolute atomic E-state index is 0.0517. The number of anilines is 1. The molecule has 0 aromatic carbocycles. The quantitative estimate of drug-likeness (QED) is 0.345. The van der Waals surface area contributed by atoms with Gasteiger partial charge >= 0.3 is 6.09 Å². The van der Waals surface area contributed by atoms with Gasteiger partial charge in [-0.3, -0.25) is 4.90 Å². The molecule has 0 fully saturated rings. The van der Waals surface area contributed by atoms with Gasteiger partial charge in [0.05, 0.1) is 12.9 Å². The van der Waals surface area contributed by atoms with E-state index in [0.29, 0.717) is 0 Å². The summed E-state index contributed by atoms with van der Waals surface area (Å²) in [5.74, 6) is 0.240. The molecule has 0 bridgehead atoms. The third-order valence-corrected chi connectivity index (χ3v) is 2.93. The molecule has 10 nitrogen and oxygen atoms in total. The number of aliphatic hydroxyl groups is 4. The second kappa shape index (κ2) is 8.44. The largest absolute Gasteiger partial charge is 0.440 e. The van der Waals surface area contributed by atoms with Crippen LogP contribution >= 0.6 is 0 Å². The number of amides is 1. The number of carbonyl (C=O) groups is 2. The summed E-state index contributed by atoms with van der Waals surface area (Å²) >= 11 is 0. The summed E-state index contributed by atoms with van der Waals surface area (Å²) in [5, 5.41) is 37.5. The lowest BCUT2D eigenvalue weighted by molar-refractivity contribution is -0.136. The Morgan fingerprint density at radius 2 is 2.18 bits per heavy atom. The predicted molar refractivity (Wildman–Crippen MR) is 73.0 cm³/mol. The number of hydrogen-bond donors (Lipinski definition) is 5. The van der Waals surface area contributed by atoms with Crippen LogP contribution in [0.5, 0.6) is 0 Å². The molecule has 0 radical (unpaired) electrons. The number of imidazole rings is 1. The van der Waals surface area contributed by atoms with E-state index in [0.717, 1.165) is 4.90 Å². The smallest absolute Gasteiger partial charge is 0.415 e. The highest BCUT2D eigenvalue weighted by atomic mass is 16.6. The average Bonchev–Trinajstić information content (AvgIpc) is 3.05. The van der Waals surface area contributed by atoms with Crippen molar-refractivity contribution in [1.29, 1.82) is 0 Å². The molecular weight excluding hydrogens is 298 g/mol. The summed E-state index contributed by atoms with van der Waals surface area (Å²) in [6.45, 7) is 0.976. The third kappa shape index (κ3) is 4.24. The van der Waals surface area contributed by atoms with Gasteiger partial charge in [-0.2, -0.15) is 0 Å². The van der Waals surface area contributed by atoms with Crippen LogP contribution in [0.25, 0.3) is 0 Å². The molecule has 124 valence electrons. The van der Waals surface area contributed by atoms with Crippen LogP contribution < -0.4 is 4.90 Å². The van der Waals surface area contributed by atoms with Crippen molar-refractivity contribution in [3.63, 3.8) is 0 Å². The molecular formula is C12H19N3O7. The van der Waals surface area contributed by atoms with Crippen LogP contribution in [0.1, 0.15) is 6.92 Å². The van der Waals surface area contributed by atoms with Gasteiger partial charge in [-0.1, -0.05) is 0 Å². The van der Waals surface area contributed by atoms with Gasteiger partial charge < -0.3 is 34.9 Å². The Hall–Kier alpha value is -2.01. The van der Waals surface area contributed by atoms with Crippen molar-refractivity contribution in [3.8, 4) is 0 Å². The molecule has 1 aromatic heterocycles. The molecule has 4 atom stereocenters. The van der Waals surface area contributed by atoms with Crippen molar-refractivity contribution in [2.24, 2.45) is 0 Å². The lowest BCUT2D eigenvalue weighted by Gasteiger charge is -2.29.